The van der Waals surface area contributed by atoms with Gasteiger partial charge in [0.05, 0.1) is 11.4 Å². The molecule has 0 aliphatic heterocycles. The lowest BCUT2D eigenvalue weighted by atomic mass is 10.1. The number of methoxy groups -OCH3 is 1. The number of aliphatic carboxylic acids is 1. The first-order valence-corrected chi connectivity index (χ1v) is 6.25. The van der Waals surface area contributed by atoms with Gasteiger partial charge in [-0.25, -0.2) is 9.59 Å². The predicted molar refractivity (Wildman–Crippen MR) is 73.7 cm³/mol. The van der Waals surface area contributed by atoms with E-state index in [2.05, 4.69) is 15.6 Å². The number of carbonyl (C=O) groups is 2. The van der Waals surface area contributed by atoms with Crippen molar-refractivity contribution >= 4 is 17.7 Å². The van der Waals surface area contributed by atoms with Crippen LogP contribution in [0.25, 0.3) is 0 Å². The van der Waals surface area contributed by atoms with Crippen molar-refractivity contribution in [3.63, 3.8) is 0 Å². The highest BCUT2D eigenvalue weighted by atomic mass is 16.5. The third-order valence-electron chi connectivity index (χ3n) is 2.70. The molecule has 1 heterocycles. The van der Waals surface area contributed by atoms with E-state index in [4.69, 9.17) is 9.84 Å². The van der Waals surface area contributed by atoms with Crippen molar-refractivity contribution in [3.8, 4) is 0 Å². The molecule has 110 valence electrons. The highest BCUT2D eigenvalue weighted by Crippen LogP contribution is 2.10. The summed E-state index contributed by atoms with van der Waals surface area (Å²) in [4.78, 5) is 26.9. The van der Waals surface area contributed by atoms with Gasteiger partial charge in [-0.1, -0.05) is 0 Å². The largest absolute Gasteiger partial charge is 0.480 e. The summed E-state index contributed by atoms with van der Waals surface area (Å²) in [5.74, 6) is -1.07. The number of carboxylic acids is 1. The summed E-state index contributed by atoms with van der Waals surface area (Å²) in [5.41, 5.74) is 1.21. The molecule has 20 heavy (non-hydrogen) atoms. The minimum atomic E-state index is -1.07. The van der Waals surface area contributed by atoms with Crippen LogP contribution in [0.5, 0.6) is 0 Å². The maximum Gasteiger partial charge on any atom is 0.326 e. The summed E-state index contributed by atoms with van der Waals surface area (Å²) in [5, 5.41) is 14.0. The fourth-order valence-corrected chi connectivity index (χ4v) is 1.62. The summed E-state index contributed by atoms with van der Waals surface area (Å²) in [6.45, 7) is 2.21. The van der Waals surface area contributed by atoms with Crippen LogP contribution in [-0.4, -0.2) is 41.8 Å². The van der Waals surface area contributed by atoms with Crippen LogP contribution in [-0.2, 0) is 9.53 Å². The lowest BCUT2D eigenvalue weighted by molar-refractivity contribution is -0.139. The molecule has 1 atom stereocenters. The van der Waals surface area contributed by atoms with E-state index in [1.165, 1.54) is 0 Å². The molecule has 1 unspecified atom stereocenters. The summed E-state index contributed by atoms with van der Waals surface area (Å²) >= 11 is 0. The number of pyridine rings is 1. The molecule has 0 fully saturated rings. The molecule has 1 aromatic heterocycles. The Labute approximate surface area is 117 Å². The Balaban J connectivity index is 2.54. The number of rotatable bonds is 7. The molecule has 2 amide bonds. The van der Waals surface area contributed by atoms with Crippen LogP contribution >= 0.6 is 0 Å². The minimum absolute atomic E-state index is 0.308. The van der Waals surface area contributed by atoms with Gasteiger partial charge in [-0.2, -0.15) is 0 Å². The molecule has 0 aliphatic carbocycles. The molecular weight excluding hydrogens is 262 g/mol. The average molecular weight is 281 g/mol. The highest BCUT2D eigenvalue weighted by Gasteiger charge is 2.19. The number of amides is 2. The summed E-state index contributed by atoms with van der Waals surface area (Å²) in [7, 11) is 1.54. The Hall–Kier alpha value is -2.15. The molecule has 0 bridgehead atoms. The zero-order valence-corrected chi connectivity index (χ0v) is 11.5. The van der Waals surface area contributed by atoms with E-state index in [0.29, 0.717) is 30.8 Å². The number of carboxylic acid groups (broad SMARTS) is 1. The second-order valence-corrected chi connectivity index (χ2v) is 4.26. The lowest BCUT2D eigenvalue weighted by Crippen LogP contribution is -2.43. The molecule has 0 spiro atoms. The average Bonchev–Trinajstić information content (AvgIpc) is 2.40. The number of hydrogen-bond donors (Lipinski definition) is 3. The molecule has 7 heteroatoms. The van der Waals surface area contributed by atoms with Crippen molar-refractivity contribution in [1.82, 2.24) is 10.3 Å². The number of urea groups is 1. The van der Waals surface area contributed by atoms with Gasteiger partial charge in [0.15, 0.2) is 0 Å². The molecule has 0 saturated heterocycles. The number of aromatic nitrogens is 1. The van der Waals surface area contributed by atoms with E-state index in [1.807, 2.05) is 0 Å². The fraction of sp³-hybridized carbons (Fsp3) is 0.462. The maximum absolute atomic E-state index is 11.8. The van der Waals surface area contributed by atoms with Gasteiger partial charge in [-0.3, -0.25) is 4.98 Å². The van der Waals surface area contributed by atoms with E-state index in [9.17, 15) is 9.59 Å². The van der Waals surface area contributed by atoms with Crippen LogP contribution in [0.4, 0.5) is 10.5 Å². The third-order valence-corrected chi connectivity index (χ3v) is 2.70. The van der Waals surface area contributed by atoms with Crippen molar-refractivity contribution < 1.29 is 19.4 Å². The smallest absolute Gasteiger partial charge is 0.326 e. The first-order chi connectivity index (χ1) is 9.54. The van der Waals surface area contributed by atoms with Crippen molar-refractivity contribution in [2.75, 3.05) is 19.0 Å². The Morgan fingerprint density at radius 2 is 2.25 bits per heavy atom. The number of ether oxygens (including phenoxy) is 1. The molecule has 0 radical (unpaired) electrons. The highest BCUT2D eigenvalue weighted by molar-refractivity contribution is 5.92. The standard InChI is InChI=1S/C13H19N3O4/c1-9-10(5-3-7-14-9)15-13(19)16-11(12(17)18)6-4-8-20-2/h3,5,7,11H,4,6,8H2,1-2H3,(H,17,18)(H2,15,16,19). The van der Waals surface area contributed by atoms with E-state index >= 15 is 0 Å². The minimum Gasteiger partial charge on any atom is -0.480 e. The number of carbonyl (C=O) groups excluding carboxylic acids is 1. The first-order valence-electron chi connectivity index (χ1n) is 6.25. The SMILES string of the molecule is COCCCC(NC(=O)Nc1cccnc1C)C(=O)O. The number of anilines is 1. The monoisotopic (exact) mass is 281 g/mol. The molecule has 1 rings (SSSR count). The van der Waals surface area contributed by atoms with E-state index < -0.39 is 18.0 Å². The zero-order valence-electron chi connectivity index (χ0n) is 11.5. The molecule has 0 saturated carbocycles. The molecule has 0 aliphatic rings. The molecular formula is C13H19N3O4. The van der Waals surface area contributed by atoms with Gasteiger partial charge < -0.3 is 20.5 Å². The van der Waals surface area contributed by atoms with Gasteiger partial charge in [-0.15, -0.1) is 0 Å². The van der Waals surface area contributed by atoms with E-state index in [0.717, 1.165) is 0 Å². The van der Waals surface area contributed by atoms with Crippen LogP contribution in [0.15, 0.2) is 18.3 Å². The van der Waals surface area contributed by atoms with Crippen LogP contribution in [0, 0.1) is 6.92 Å². The van der Waals surface area contributed by atoms with Crippen molar-refractivity contribution in [2.24, 2.45) is 0 Å². The van der Waals surface area contributed by atoms with Crippen LogP contribution < -0.4 is 10.6 Å². The normalized spacial score (nSPS) is 11.7. The summed E-state index contributed by atoms with van der Waals surface area (Å²) in [6.07, 6.45) is 2.48. The van der Waals surface area contributed by atoms with Crippen molar-refractivity contribution in [1.29, 1.82) is 0 Å². The van der Waals surface area contributed by atoms with E-state index in [-0.39, 0.29) is 0 Å². The van der Waals surface area contributed by atoms with Crippen LogP contribution in [0.1, 0.15) is 18.5 Å². The lowest BCUT2D eigenvalue weighted by Gasteiger charge is -2.15. The van der Waals surface area contributed by atoms with Gasteiger partial charge in [0.2, 0.25) is 0 Å². The van der Waals surface area contributed by atoms with Gasteiger partial charge in [0.1, 0.15) is 6.04 Å². The second kappa shape index (κ2) is 8.11. The topological polar surface area (TPSA) is 101 Å². The van der Waals surface area contributed by atoms with Crippen molar-refractivity contribution in [2.45, 2.75) is 25.8 Å². The third kappa shape index (κ3) is 5.23. The van der Waals surface area contributed by atoms with Gasteiger partial charge in [0.25, 0.3) is 0 Å². The van der Waals surface area contributed by atoms with E-state index in [1.54, 1.807) is 32.4 Å². The Bertz CT molecular complexity index is 465. The molecule has 3 N–H and O–H groups in total. The Morgan fingerprint density at radius 3 is 2.85 bits per heavy atom. The summed E-state index contributed by atoms with van der Waals surface area (Å²) in [6, 6.07) is 1.88. The van der Waals surface area contributed by atoms with Crippen LogP contribution in [0.2, 0.25) is 0 Å². The quantitative estimate of drug-likeness (QED) is 0.656. The zero-order chi connectivity index (χ0) is 15.0. The predicted octanol–water partition coefficient (Wildman–Crippen LogP) is 1.39. The van der Waals surface area contributed by atoms with Gasteiger partial charge in [0, 0.05) is 19.9 Å². The molecule has 0 aromatic carbocycles. The number of aryl methyl sites for hydroxylation is 1. The number of nitrogens with zero attached hydrogens (tertiary/aromatic N) is 1. The summed E-state index contributed by atoms with van der Waals surface area (Å²) < 4.78 is 4.86. The molecule has 7 nitrogen and oxygen atoms in total. The van der Waals surface area contributed by atoms with Crippen LogP contribution in [0.3, 0.4) is 0 Å². The number of nitrogens with one attached hydrogen (secondary N) is 2. The first kappa shape index (κ1) is 15.9. The van der Waals surface area contributed by atoms with Crippen molar-refractivity contribution in [3.05, 3.63) is 24.0 Å². The Kier molecular flexibility index (Phi) is 6.45. The fourth-order valence-electron chi connectivity index (χ4n) is 1.62. The number of hydrogen-bond acceptors (Lipinski definition) is 4. The Morgan fingerprint density at radius 1 is 1.50 bits per heavy atom. The molecule has 1 aromatic rings. The maximum atomic E-state index is 11.8. The van der Waals surface area contributed by atoms with Gasteiger partial charge in [-0.05, 0) is 31.9 Å². The second-order valence-electron chi connectivity index (χ2n) is 4.26. The van der Waals surface area contributed by atoms with Gasteiger partial charge >= 0.3 is 12.0 Å².